The fourth-order valence-corrected chi connectivity index (χ4v) is 3.89. The van der Waals surface area contributed by atoms with Gasteiger partial charge in [0.15, 0.2) is 12.3 Å². The van der Waals surface area contributed by atoms with E-state index in [4.69, 9.17) is 9.51 Å². The van der Waals surface area contributed by atoms with Gasteiger partial charge in [-0.3, -0.25) is 4.52 Å². The number of aromatic nitrogens is 3. The van der Waals surface area contributed by atoms with Crippen molar-refractivity contribution in [2.24, 2.45) is 12.0 Å². The third kappa shape index (κ3) is 4.85. The molecule has 158 valence electrons. The van der Waals surface area contributed by atoms with Gasteiger partial charge in [0, 0.05) is 16.9 Å². The fourth-order valence-electron chi connectivity index (χ4n) is 3.10. The molecule has 2 aromatic carbocycles. The predicted molar refractivity (Wildman–Crippen MR) is 120 cm³/mol. The number of hydrogen-bond acceptors (Lipinski definition) is 7. The van der Waals surface area contributed by atoms with Crippen LogP contribution >= 0.6 is 11.8 Å². The normalized spacial score (nSPS) is 11.3. The lowest BCUT2D eigenvalue weighted by molar-refractivity contribution is -0.739. The Kier molecular flexibility index (Phi) is 6.29. The van der Waals surface area contributed by atoms with Crippen molar-refractivity contribution in [2.45, 2.75) is 11.9 Å². The van der Waals surface area contributed by atoms with Crippen LogP contribution in [-0.4, -0.2) is 21.9 Å². The lowest BCUT2D eigenvalue weighted by Gasteiger charge is -2.14. The first-order chi connectivity index (χ1) is 15.5. The first-order valence-electron chi connectivity index (χ1n) is 9.81. The Labute approximate surface area is 189 Å². The Morgan fingerprint density at radius 2 is 1.91 bits per heavy atom. The SMILES string of the molecule is Cc1ccc(-c2cc(-c3ccccc3)nc(SC/C([O-])=N/c3c[n+](C)no3)c2C#N)cc1. The zero-order valence-corrected chi connectivity index (χ0v) is 18.3. The van der Waals surface area contributed by atoms with Gasteiger partial charge >= 0.3 is 5.88 Å². The van der Waals surface area contributed by atoms with Crippen LogP contribution in [0, 0.1) is 18.3 Å². The van der Waals surface area contributed by atoms with Crippen molar-refractivity contribution >= 4 is 23.5 Å². The molecule has 0 aliphatic rings. The molecule has 0 aliphatic carbocycles. The van der Waals surface area contributed by atoms with Crippen LogP contribution in [0.25, 0.3) is 22.4 Å². The molecule has 8 heteroatoms. The summed E-state index contributed by atoms with van der Waals surface area (Å²) in [6, 6.07) is 21.9. The molecule has 0 N–H and O–H groups in total. The Morgan fingerprint density at radius 1 is 1.16 bits per heavy atom. The van der Waals surface area contributed by atoms with Crippen molar-refractivity contribution in [3.05, 3.63) is 78.0 Å². The fraction of sp³-hybridized carbons (Fsp3) is 0.125. The molecular formula is C24H19N5O2S. The number of hydrogen-bond donors (Lipinski definition) is 0. The first-order valence-corrected chi connectivity index (χ1v) is 10.8. The number of aliphatic imine (C=N–C) groups is 1. The molecule has 32 heavy (non-hydrogen) atoms. The van der Waals surface area contributed by atoms with Gasteiger partial charge in [0.25, 0.3) is 6.20 Å². The summed E-state index contributed by atoms with van der Waals surface area (Å²) < 4.78 is 6.37. The lowest BCUT2D eigenvalue weighted by atomic mass is 9.98. The molecule has 0 radical (unpaired) electrons. The molecule has 0 bridgehead atoms. The summed E-state index contributed by atoms with van der Waals surface area (Å²) in [6.07, 6.45) is 1.51. The van der Waals surface area contributed by atoms with Crippen molar-refractivity contribution in [1.82, 2.24) is 10.3 Å². The monoisotopic (exact) mass is 441 g/mol. The van der Waals surface area contributed by atoms with Gasteiger partial charge in [0.05, 0.1) is 11.3 Å². The lowest BCUT2D eigenvalue weighted by Crippen LogP contribution is -2.27. The number of benzene rings is 2. The predicted octanol–water partition coefficient (Wildman–Crippen LogP) is 3.59. The molecule has 0 fully saturated rings. The summed E-state index contributed by atoms with van der Waals surface area (Å²) in [5, 5.41) is 26.4. The van der Waals surface area contributed by atoms with E-state index in [9.17, 15) is 10.4 Å². The Balaban J connectivity index is 1.74. The van der Waals surface area contributed by atoms with Gasteiger partial charge in [-0.2, -0.15) is 5.26 Å². The number of nitriles is 1. The molecule has 0 saturated carbocycles. The molecule has 0 unspecified atom stereocenters. The summed E-state index contributed by atoms with van der Waals surface area (Å²) in [7, 11) is 1.67. The molecule has 2 aromatic heterocycles. The summed E-state index contributed by atoms with van der Waals surface area (Å²) >= 11 is 1.18. The highest BCUT2D eigenvalue weighted by atomic mass is 32.2. The second kappa shape index (κ2) is 9.45. The van der Waals surface area contributed by atoms with Gasteiger partial charge in [-0.15, -0.1) is 0 Å². The van der Waals surface area contributed by atoms with E-state index in [-0.39, 0.29) is 11.6 Å². The maximum atomic E-state index is 12.3. The van der Waals surface area contributed by atoms with Crippen LogP contribution in [-0.2, 0) is 7.05 Å². The van der Waals surface area contributed by atoms with Gasteiger partial charge in [-0.1, -0.05) is 76.6 Å². The van der Waals surface area contributed by atoms with E-state index in [2.05, 4.69) is 16.3 Å². The zero-order valence-electron chi connectivity index (χ0n) is 17.5. The molecular weight excluding hydrogens is 422 g/mol. The Morgan fingerprint density at radius 3 is 2.56 bits per heavy atom. The first kappa shape index (κ1) is 21.3. The highest BCUT2D eigenvalue weighted by Crippen LogP contribution is 2.34. The van der Waals surface area contributed by atoms with Crippen LogP contribution in [0.1, 0.15) is 11.1 Å². The summed E-state index contributed by atoms with van der Waals surface area (Å²) in [6.45, 7) is 2.02. The molecule has 4 aromatic rings. The molecule has 4 rings (SSSR count). The van der Waals surface area contributed by atoms with Crippen LogP contribution in [0.4, 0.5) is 5.88 Å². The maximum Gasteiger partial charge on any atom is 0.320 e. The molecule has 0 atom stereocenters. The van der Waals surface area contributed by atoms with Crippen molar-refractivity contribution in [3.63, 3.8) is 0 Å². The van der Waals surface area contributed by atoms with Crippen LogP contribution < -0.4 is 9.79 Å². The standard InChI is InChI=1S/C24H19N5O2S/c1-16-8-10-17(11-9-16)19-12-21(18-6-4-3-5-7-18)26-24(20(19)13-25)32-15-22(30)27-23-14-29(2)28-31-23/h3-12,14H,15H2,1-2H3. The topological polar surface area (TPSA) is 102 Å². The van der Waals surface area contributed by atoms with Crippen molar-refractivity contribution < 1.29 is 14.3 Å². The Bertz CT molecular complexity index is 1310. The third-order valence-electron chi connectivity index (χ3n) is 4.66. The number of aryl methyl sites for hydroxylation is 2. The van der Waals surface area contributed by atoms with Gasteiger partial charge < -0.3 is 5.11 Å². The van der Waals surface area contributed by atoms with E-state index in [1.54, 1.807) is 7.05 Å². The number of nitrogens with zero attached hydrogens (tertiary/aromatic N) is 5. The average molecular weight is 442 g/mol. The summed E-state index contributed by atoms with van der Waals surface area (Å²) in [4.78, 5) is 8.61. The van der Waals surface area contributed by atoms with Crippen molar-refractivity contribution in [3.8, 4) is 28.5 Å². The number of thioether (sulfide) groups is 1. The van der Waals surface area contributed by atoms with E-state index in [1.807, 2.05) is 67.6 Å². The zero-order chi connectivity index (χ0) is 22.5. The molecule has 0 amide bonds. The summed E-state index contributed by atoms with van der Waals surface area (Å²) in [5.41, 5.74) is 4.91. The molecule has 0 saturated heterocycles. The van der Waals surface area contributed by atoms with Gasteiger partial charge in [-0.05, 0) is 24.5 Å². The Hall–Kier alpha value is -3.96. The van der Waals surface area contributed by atoms with Crippen LogP contribution in [0.2, 0.25) is 0 Å². The maximum absolute atomic E-state index is 12.3. The largest absolute Gasteiger partial charge is 0.861 e. The second-order valence-electron chi connectivity index (χ2n) is 7.09. The van der Waals surface area contributed by atoms with Crippen LogP contribution in [0.5, 0.6) is 0 Å². The van der Waals surface area contributed by atoms with E-state index in [0.29, 0.717) is 10.6 Å². The van der Waals surface area contributed by atoms with E-state index in [0.717, 1.165) is 27.9 Å². The minimum atomic E-state index is -0.403. The average Bonchev–Trinajstić information content (AvgIpc) is 3.22. The molecule has 0 spiro atoms. The molecule has 7 nitrogen and oxygen atoms in total. The number of pyridine rings is 1. The van der Waals surface area contributed by atoms with E-state index < -0.39 is 5.90 Å². The number of rotatable bonds is 6. The van der Waals surface area contributed by atoms with E-state index >= 15 is 0 Å². The highest BCUT2D eigenvalue weighted by Gasteiger charge is 2.16. The molecule has 0 aliphatic heterocycles. The van der Waals surface area contributed by atoms with Gasteiger partial charge in [0.2, 0.25) is 0 Å². The smallest absolute Gasteiger partial charge is 0.320 e. The van der Waals surface area contributed by atoms with Gasteiger partial charge in [-0.25, -0.2) is 9.98 Å². The van der Waals surface area contributed by atoms with Crippen molar-refractivity contribution in [2.75, 3.05) is 5.75 Å². The third-order valence-corrected chi connectivity index (χ3v) is 5.62. The second-order valence-corrected chi connectivity index (χ2v) is 8.05. The van der Waals surface area contributed by atoms with Crippen LogP contribution in [0.15, 0.2) is 81.4 Å². The van der Waals surface area contributed by atoms with E-state index in [1.165, 1.54) is 22.6 Å². The summed E-state index contributed by atoms with van der Waals surface area (Å²) in [5.74, 6) is -0.262. The molecule has 2 heterocycles. The minimum absolute atomic E-state index is 0.0116. The van der Waals surface area contributed by atoms with Gasteiger partial charge in [0.1, 0.15) is 11.1 Å². The highest BCUT2D eigenvalue weighted by molar-refractivity contribution is 7.99. The van der Waals surface area contributed by atoms with Crippen molar-refractivity contribution in [1.29, 1.82) is 5.26 Å². The minimum Gasteiger partial charge on any atom is -0.861 e. The van der Waals surface area contributed by atoms with Crippen LogP contribution in [0.3, 0.4) is 0 Å². The quantitative estimate of drug-likeness (QED) is 0.196.